The van der Waals surface area contributed by atoms with Gasteiger partial charge in [0.2, 0.25) is 0 Å². The van der Waals surface area contributed by atoms with Gasteiger partial charge >= 0.3 is 11.9 Å². The molecule has 2 saturated heterocycles. The van der Waals surface area contributed by atoms with Gasteiger partial charge in [0.15, 0.2) is 14.9 Å². The minimum Gasteiger partial charge on any atom is -0.478 e. The standard InChI is InChI=1S/C28H23FN2O3.C28H25FN2O3.C27H24FN3O3S/c29-22-5-7-23(8-6-22)31-25-14-21-16-30-15-20(21)13-24(25)26(27(31)18-9-11-34-12-10-18)17-1-3-19(4-2-17)28(32)33;1-28(2,34-3)14-25-26(17-4-6-18(7-5-17)27(32)33)23-12-19-15-30-16-20(19)13-24(23)31(25)22-10-8-21(29)9-11-22;1-35(32,33)25-7-2-18(16-30-25)26-23-12-19-14-29-15-20(19)13-24(23)31(22-5-3-21(28)4-6-22)27(26)17-8-10-34-11-9-17/h1-8,13-14,16,18H,9-12,15H2,(H,32,33);4-13,16H,14-15H2,1-3H3,(H,32,33);2-7,12-13,15-17H,8-11,14H2,1H3/i9D2,10D2,18D;;. The zero-order chi connectivity index (χ0) is 75.9. The molecule has 12 aromatic rings. The first-order valence-electron chi connectivity index (χ1n) is 36.1. The number of carbonyl (C=O) groups is 2. The zero-order valence-electron chi connectivity index (χ0n) is 61.5. The van der Waals surface area contributed by atoms with E-state index < -0.39 is 65.0 Å². The van der Waals surface area contributed by atoms with Gasteiger partial charge in [0, 0.05) is 162 Å². The van der Waals surface area contributed by atoms with Crippen molar-refractivity contribution in [3.63, 3.8) is 0 Å². The molecule has 103 heavy (non-hydrogen) atoms. The molecule has 520 valence electrons. The average molecular weight is 1410 g/mol. The van der Waals surface area contributed by atoms with E-state index in [2.05, 4.69) is 53.4 Å². The van der Waals surface area contributed by atoms with Gasteiger partial charge < -0.3 is 38.1 Å². The molecule has 0 bridgehead atoms. The number of aromatic carboxylic acids is 2. The summed E-state index contributed by atoms with van der Waals surface area (Å²) in [4.78, 5) is 40.5. The highest BCUT2D eigenvalue weighted by atomic mass is 32.2. The van der Waals surface area contributed by atoms with E-state index in [4.69, 9.17) is 19.7 Å². The Bertz CT molecular complexity index is 5790. The number of halogens is 3. The second kappa shape index (κ2) is 27.8. The lowest BCUT2D eigenvalue weighted by molar-refractivity contribution is 0.0223. The topological polar surface area (TPSA) is 201 Å². The van der Waals surface area contributed by atoms with Crippen LogP contribution in [0.5, 0.6) is 0 Å². The van der Waals surface area contributed by atoms with E-state index in [1.54, 1.807) is 78.7 Å². The number of methoxy groups -OCH3 is 1. The van der Waals surface area contributed by atoms with Crippen molar-refractivity contribution in [1.82, 2.24) is 18.7 Å². The van der Waals surface area contributed by atoms with Crippen LogP contribution in [0.4, 0.5) is 13.2 Å². The van der Waals surface area contributed by atoms with Crippen LogP contribution in [0.25, 0.3) is 83.2 Å². The molecule has 5 aliphatic rings. The van der Waals surface area contributed by atoms with Crippen molar-refractivity contribution < 1.29 is 62.5 Å². The van der Waals surface area contributed by atoms with E-state index in [0.29, 0.717) is 67.0 Å². The van der Waals surface area contributed by atoms with Crippen molar-refractivity contribution in [2.75, 3.05) is 39.8 Å². The monoisotopic (exact) mass is 1400 g/mol. The quantitative estimate of drug-likeness (QED) is 0.105. The average Bonchev–Trinajstić information content (AvgIpc) is 1.39. The number of fused-ring (bicyclic) bond motifs is 6. The van der Waals surface area contributed by atoms with E-state index >= 15 is 0 Å². The Balaban J connectivity index is 0.000000130. The van der Waals surface area contributed by atoms with Crippen LogP contribution >= 0.6 is 0 Å². The van der Waals surface area contributed by atoms with Crippen LogP contribution < -0.4 is 0 Å². The largest absolute Gasteiger partial charge is 0.478 e. The molecule has 16 nitrogen and oxygen atoms in total. The van der Waals surface area contributed by atoms with Gasteiger partial charge in [-0.25, -0.2) is 36.2 Å². The van der Waals surface area contributed by atoms with Crippen molar-refractivity contribution in [1.29, 1.82) is 0 Å². The first kappa shape index (κ1) is 61.9. The van der Waals surface area contributed by atoms with Crippen molar-refractivity contribution >= 4 is 73.1 Å². The zero-order valence-corrected chi connectivity index (χ0v) is 57.4. The Hall–Kier alpha value is -10.9. The van der Waals surface area contributed by atoms with Gasteiger partial charge in [0.25, 0.3) is 0 Å². The highest BCUT2D eigenvalue weighted by Crippen LogP contribution is 2.48. The molecule has 0 amide bonds. The molecule has 8 aromatic carbocycles. The van der Waals surface area contributed by atoms with Crippen LogP contribution in [-0.2, 0) is 50.1 Å². The predicted molar refractivity (Wildman–Crippen MR) is 395 cm³/mol. The van der Waals surface area contributed by atoms with E-state index in [1.807, 2.05) is 56.6 Å². The number of carboxylic acids is 2. The number of carboxylic acid groups (broad SMARTS) is 2. The molecular formula is C83H72F3N7O9S. The Kier molecular flexibility index (Phi) is 16.7. The maximum atomic E-state index is 14.0. The molecular weight excluding hydrogens is 1330 g/mol. The van der Waals surface area contributed by atoms with Crippen LogP contribution in [0.15, 0.2) is 196 Å². The smallest absolute Gasteiger partial charge is 0.335 e. The van der Waals surface area contributed by atoms with Gasteiger partial charge in [0.1, 0.15) is 17.5 Å². The summed E-state index contributed by atoms with van der Waals surface area (Å²) in [5.41, 5.74) is 17.5. The fourth-order valence-corrected chi connectivity index (χ4v) is 14.9. The third kappa shape index (κ3) is 13.3. The third-order valence-electron chi connectivity index (χ3n) is 19.5. The number of aromatic nitrogens is 4. The van der Waals surface area contributed by atoms with E-state index in [9.17, 15) is 42.8 Å². The first-order valence-corrected chi connectivity index (χ1v) is 35.5. The molecule has 9 heterocycles. The summed E-state index contributed by atoms with van der Waals surface area (Å²) in [6.07, 6.45) is 5.68. The van der Waals surface area contributed by atoms with Crippen molar-refractivity contribution in [3.8, 4) is 50.4 Å². The van der Waals surface area contributed by atoms with Crippen LogP contribution in [-0.4, -0.2) is 113 Å². The molecule has 0 unspecified atom stereocenters. The van der Waals surface area contributed by atoms with E-state index in [-0.39, 0.29) is 39.4 Å². The highest BCUT2D eigenvalue weighted by molar-refractivity contribution is 7.90. The molecule has 0 aliphatic carbocycles. The SMILES string of the molecule is COC(C)(C)Cc1c(-c2ccc(C(=O)O)cc2)c2cc3c(cc2n1-c1ccc(F)cc1)C=NC3.CS(=O)(=O)c1ccc(-c2c(C3CCOCC3)n(-c3ccc(F)cc3)c3cc4c(cc23)CN=C4)cn1.[2H]C1([2H])COCC([2H])([2H])C1([2H])c1c(-c2ccc(C(=O)O)cc2)c2cc3c(cc2n1-c1ccc(F)cc1)C=NC3. The summed E-state index contributed by atoms with van der Waals surface area (Å²) in [5.74, 6) is -5.40. The summed E-state index contributed by atoms with van der Waals surface area (Å²) in [6, 6.07) is 47.3. The number of hydrogen-bond donors (Lipinski definition) is 2. The van der Waals surface area contributed by atoms with Gasteiger partial charge in [0.05, 0.1) is 52.9 Å². The summed E-state index contributed by atoms with van der Waals surface area (Å²) < 4.78 is 134. The minimum atomic E-state index is -3.41. The first-order chi connectivity index (χ1) is 51.6. The fraction of sp³-hybridized carbons (Fsp3) is 0.229. The summed E-state index contributed by atoms with van der Waals surface area (Å²) in [5, 5.41) is 21.6. The molecule has 17 rings (SSSR count). The van der Waals surface area contributed by atoms with Crippen molar-refractivity contribution in [2.24, 2.45) is 15.0 Å². The normalized spacial score (nSPS) is 16.9. The molecule has 0 radical (unpaired) electrons. The molecule has 2 N–H and O–H groups in total. The van der Waals surface area contributed by atoms with Gasteiger partial charge in [-0.3, -0.25) is 15.0 Å². The second-order valence-corrected chi connectivity index (χ2v) is 28.5. The number of hydrogen-bond acceptors (Lipinski definition) is 11. The molecule has 0 atom stereocenters. The lowest BCUT2D eigenvalue weighted by Crippen LogP contribution is -2.27. The summed E-state index contributed by atoms with van der Waals surface area (Å²) in [6.45, 7) is 6.10. The molecule has 0 spiro atoms. The highest BCUT2D eigenvalue weighted by Gasteiger charge is 2.33. The number of rotatable bonds is 14. The van der Waals surface area contributed by atoms with Crippen LogP contribution in [0.3, 0.4) is 0 Å². The number of ether oxygens (including phenoxy) is 3. The number of sulfone groups is 1. The Morgan fingerprint density at radius 1 is 0.553 bits per heavy atom. The van der Waals surface area contributed by atoms with Gasteiger partial charge in [-0.2, -0.15) is 0 Å². The predicted octanol–water partition coefficient (Wildman–Crippen LogP) is 17.1. The number of nitrogens with zero attached hydrogens (tertiary/aromatic N) is 7. The summed E-state index contributed by atoms with van der Waals surface area (Å²) >= 11 is 0. The number of benzene rings is 8. The molecule has 4 aromatic heterocycles. The Labute approximate surface area is 599 Å². The molecule has 2 fully saturated rings. The van der Waals surface area contributed by atoms with Gasteiger partial charge in [-0.15, -0.1) is 0 Å². The lowest BCUT2D eigenvalue weighted by Gasteiger charge is -2.26. The Morgan fingerprint density at radius 2 is 0.951 bits per heavy atom. The number of aliphatic imine (C=N–C) groups is 3. The maximum absolute atomic E-state index is 14.0. The third-order valence-corrected chi connectivity index (χ3v) is 20.5. The lowest BCUT2D eigenvalue weighted by atomic mass is 9.89. The van der Waals surface area contributed by atoms with Crippen LogP contribution in [0.1, 0.15) is 129 Å². The van der Waals surface area contributed by atoms with Crippen molar-refractivity contribution in [3.05, 3.63) is 255 Å². The fourth-order valence-electron chi connectivity index (χ4n) is 14.4. The minimum absolute atomic E-state index is 0.0334. The summed E-state index contributed by atoms with van der Waals surface area (Å²) in [7, 11) is -1.72. The maximum Gasteiger partial charge on any atom is 0.335 e. The number of pyridine rings is 1. The second-order valence-electron chi connectivity index (χ2n) is 26.5. The van der Waals surface area contributed by atoms with E-state index in [1.165, 1.54) is 60.7 Å². The molecule has 5 aliphatic heterocycles. The van der Waals surface area contributed by atoms with Gasteiger partial charge in [-0.05, 0) is 230 Å². The van der Waals surface area contributed by atoms with Crippen LogP contribution in [0.2, 0.25) is 0 Å². The molecule has 20 heteroatoms. The van der Waals surface area contributed by atoms with E-state index in [0.717, 1.165) is 119 Å². The Morgan fingerprint density at radius 3 is 1.38 bits per heavy atom. The van der Waals surface area contributed by atoms with Crippen molar-refractivity contribution in [2.45, 2.75) is 87.9 Å². The van der Waals surface area contributed by atoms with Gasteiger partial charge in [-0.1, -0.05) is 24.3 Å². The molecule has 0 saturated carbocycles. The van der Waals surface area contributed by atoms with Crippen LogP contribution in [0, 0.1) is 17.5 Å².